The van der Waals surface area contributed by atoms with Crippen molar-refractivity contribution in [2.24, 2.45) is 11.8 Å². The minimum absolute atomic E-state index is 0.221. The van der Waals surface area contributed by atoms with Gasteiger partial charge in [0.25, 0.3) is 0 Å². The summed E-state index contributed by atoms with van der Waals surface area (Å²) in [6, 6.07) is 0. The minimum atomic E-state index is -0.221. The third-order valence-corrected chi connectivity index (χ3v) is 3.52. The third-order valence-electron chi connectivity index (χ3n) is 3.52. The topological polar surface area (TPSA) is 20.2 Å². The largest absolute Gasteiger partial charge is 0.389 e. The van der Waals surface area contributed by atoms with E-state index in [1.54, 1.807) is 0 Å². The first-order valence-corrected chi connectivity index (χ1v) is 5.24. The third kappa shape index (κ3) is 1.58. The smallest absolute Gasteiger partial charge is 0.0726 e. The van der Waals surface area contributed by atoms with Crippen molar-refractivity contribution in [1.29, 1.82) is 0 Å². The average Bonchev–Trinajstić information content (AvgIpc) is 2.36. The molecule has 2 aliphatic carbocycles. The Bertz CT molecular complexity index is 262. The molecule has 0 aromatic rings. The molecule has 0 aliphatic heterocycles. The number of hydrogen-bond acceptors (Lipinski definition) is 1. The fourth-order valence-corrected chi connectivity index (χ4v) is 2.68. The van der Waals surface area contributed by atoms with Crippen molar-refractivity contribution in [3.05, 3.63) is 23.3 Å². The highest BCUT2D eigenvalue weighted by Crippen LogP contribution is 2.40. The average molecular weight is 178 g/mol. The van der Waals surface area contributed by atoms with Gasteiger partial charge in [-0.15, -0.1) is 0 Å². The van der Waals surface area contributed by atoms with Crippen LogP contribution in [0.1, 0.15) is 33.1 Å². The van der Waals surface area contributed by atoms with Crippen molar-refractivity contribution in [1.82, 2.24) is 0 Å². The summed E-state index contributed by atoms with van der Waals surface area (Å²) in [7, 11) is 0. The molecule has 0 unspecified atom stereocenters. The van der Waals surface area contributed by atoms with Gasteiger partial charge in [0.05, 0.1) is 6.10 Å². The molecular weight excluding hydrogens is 160 g/mol. The van der Waals surface area contributed by atoms with Gasteiger partial charge in [-0.3, -0.25) is 0 Å². The lowest BCUT2D eigenvalue weighted by Gasteiger charge is -2.19. The minimum Gasteiger partial charge on any atom is -0.389 e. The van der Waals surface area contributed by atoms with E-state index in [4.69, 9.17) is 0 Å². The van der Waals surface area contributed by atoms with Crippen LogP contribution in [0.25, 0.3) is 0 Å². The fraction of sp³-hybridized carbons (Fsp3) is 0.667. The summed E-state index contributed by atoms with van der Waals surface area (Å²) in [5, 5.41) is 9.59. The Morgan fingerprint density at radius 3 is 3.00 bits per heavy atom. The van der Waals surface area contributed by atoms with Gasteiger partial charge in [-0.25, -0.2) is 0 Å². The molecule has 0 aromatic heterocycles. The zero-order valence-electron chi connectivity index (χ0n) is 8.46. The summed E-state index contributed by atoms with van der Waals surface area (Å²) in [6.45, 7) is 4.49. The highest BCUT2D eigenvalue weighted by atomic mass is 16.3. The predicted molar refractivity (Wildman–Crippen MR) is 54.4 cm³/mol. The molecule has 0 bridgehead atoms. The van der Waals surface area contributed by atoms with E-state index in [9.17, 15) is 5.11 Å². The van der Waals surface area contributed by atoms with Crippen LogP contribution in [0.15, 0.2) is 23.3 Å². The second-order valence-corrected chi connectivity index (χ2v) is 4.52. The molecule has 0 aromatic carbocycles. The normalized spacial score (nSPS) is 39.2. The molecule has 0 fully saturated rings. The van der Waals surface area contributed by atoms with Gasteiger partial charge in [0, 0.05) is 0 Å². The van der Waals surface area contributed by atoms with E-state index in [0.29, 0.717) is 11.8 Å². The molecule has 1 heteroatoms. The summed E-state index contributed by atoms with van der Waals surface area (Å²) in [6.07, 6.45) is 7.37. The summed E-state index contributed by atoms with van der Waals surface area (Å²) >= 11 is 0. The highest BCUT2D eigenvalue weighted by Gasteiger charge is 2.29. The molecule has 1 nitrogen and oxygen atoms in total. The first kappa shape index (κ1) is 9.01. The Morgan fingerprint density at radius 1 is 1.46 bits per heavy atom. The summed E-state index contributed by atoms with van der Waals surface area (Å²) in [4.78, 5) is 0. The quantitative estimate of drug-likeness (QED) is 0.604. The first-order chi connectivity index (χ1) is 6.18. The van der Waals surface area contributed by atoms with Crippen LogP contribution in [0.4, 0.5) is 0 Å². The van der Waals surface area contributed by atoms with Crippen molar-refractivity contribution in [3.8, 4) is 0 Å². The number of allylic oxidation sites excluding steroid dienone is 3. The Kier molecular flexibility index (Phi) is 2.29. The lowest BCUT2D eigenvalue weighted by Crippen LogP contribution is -2.13. The van der Waals surface area contributed by atoms with Gasteiger partial charge in [0.1, 0.15) is 0 Å². The Labute approximate surface area is 80.2 Å². The van der Waals surface area contributed by atoms with E-state index >= 15 is 0 Å². The van der Waals surface area contributed by atoms with Crippen LogP contribution in [0, 0.1) is 11.8 Å². The molecule has 0 saturated carbocycles. The van der Waals surface area contributed by atoms with Crippen LogP contribution in [0.5, 0.6) is 0 Å². The Hall–Kier alpha value is -0.560. The van der Waals surface area contributed by atoms with Crippen molar-refractivity contribution in [3.63, 3.8) is 0 Å². The molecule has 0 amide bonds. The Balaban J connectivity index is 2.30. The van der Waals surface area contributed by atoms with Crippen LogP contribution in [-0.2, 0) is 0 Å². The molecule has 0 spiro atoms. The van der Waals surface area contributed by atoms with Gasteiger partial charge < -0.3 is 5.11 Å². The highest BCUT2D eigenvalue weighted by molar-refractivity contribution is 5.33. The molecule has 72 valence electrons. The Morgan fingerprint density at radius 2 is 2.23 bits per heavy atom. The molecule has 13 heavy (non-hydrogen) atoms. The van der Waals surface area contributed by atoms with Gasteiger partial charge in [0.15, 0.2) is 0 Å². The van der Waals surface area contributed by atoms with Crippen molar-refractivity contribution in [2.75, 3.05) is 0 Å². The number of aliphatic hydroxyl groups is 1. The number of hydrogen-bond donors (Lipinski definition) is 1. The molecule has 2 rings (SSSR count). The van der Waals surface area contributed by atoms with Gasteiger partial charge in [0.2, 0.25) is 0 Å². The lowest BCUT2D eigenvalue weighted by atomic mass is 9.86. The standard InChI is InChI=1S/C12H18O/c1-8-3-5-12-9(2)7-10(13)4-6-11(8)12/h4,6,9-10,12-13H,3,5,7H2,1-2H3/t9-,10-,12-/m0/s1. The second kappa shape index (κ2) is 3.30. The second-order valence-electron chi connectivity index (χ2n) is 4.52. The van der Waals surface area contributed by atoms with Crippen LogP contribution in [0.2, 0.25) is 0 Å². The van der Waals surface area contributed by atoms with Gasteiger partial charge in [-0.2, -0.15) is 0 Å². The van der Waals surface area contributed by atoms with E-state index in [1.165, 1.54) is 24.0 Å². The zero-order valence-corrected chi connectivity index (χ0v) is 8.46. The summed E-state index contributed by atoms with van der Waals surface area (Å²) in [5.74, 6) is 1.35. The van der Waals surface area contributed by atoms with Crippen LogP contribution in [0.3, 0.4) is 0 Å². The van der Waals surface area contributed by atoms with E-state index in [0.717, 1.165) is 6.42 Å². The number of aliphatic hydroxyl groups excluding tert-OH is 1. The molecule has 3 atom stereocenters. The van der Waals surface area contributed by atoms with E-state index < -0.39 is 0 Å². The number of fused-ring (bicyclic) bond motifs is 1. The van der Waals surface area contributed by atoms with Gasteiger partial charge >= 0.3 is 0 Å². The maximum Gasteiger partial charge on any atom is 0.0726 e. The lowest BCUT2D eigenvalue weighted by molar-refractivity contribution is 0.180. The summed E-state index contributed by atoms with van der Waals surface area (Å²) in [5.41, 5.74) is 3.03. The monoisotopic (exact) mass is 178 g/mol. The number of rotatable bonds is 0. The van der Waals surface area contributed by atoms with Crippen molar-refractivity contribution < 1.29 is 5.11 Å². The zero-order chi connectivity index (χ0) is 9.42. The molecular formula is C12H18O. The van der Waals surface area contributed by atoms with Gasteiger partial charge in [-0.05, 0) is 43.6 Å². The van der Waals surface area contributed by atoms with E-state index in [-0.39, 0.29) is 6.10 Å². The maximum absolute atomic E-state index is 9.59. The molecule has 2 aliphatic rings. The van der Waals surface area contributed by atoms with Crippen molar-refractivity contribution >= 4 is 0 Å². The molecule has 0 heterocycles. The molecule has 0 saturated heterocycles. The fourth-order valence-electron chi connectivity index (χ4n) is 2.68. The SMILES string of the molecule is CC1=C2C=C[C@H](O)C[C@H](C)[C@@H]2CC1. The predicted octanol–water partition coefficient (Wildman–Crippen LogP) is 2.67. The van der Waals surface area contributed by atoms with E-state index in [1.807, 2.05) is 6.08 Å². The van der Waals surface area contributed by atoms with Crippen LogP contribution < -0.4 is 0 Å². The summed E-state index contributed by atoms with van der Waals surface area (Å²) < 4.78 is 0. The van der Waals surface area contributed by atoms with E-state index in [2.05, 4.69) is 19.9 Å². The molecule has 1 N–H and O–H groups in total. The van der Waals surface area contributed by atoms with Crippen molar-refractivity contribution in [2.45, 2.75) is 39.2 Å². The van der Waals surface area contributed by atoms with Crippen LogP contribution >= 0.6 is 0 Å². The first-order valence-electron chi connectivity index (χ1n) is 5.24. The van der Waals surface area contributed by atoms with Crippen LogP contribution in [-0.4, -0.2) is 11.2 Å². The molecule has 0 radical (unpaired) electrons. The van der Waals surface area contributed by atoms with Gasteiger partial charge in [-0.1, -0.05) is 24.6 Å². The maximum atomic E-state index is 9.59.